The largest absolute Gasteiger partial charge is 0.435 e. The van der Waals surface area contributed by atoms with Gasteiger partial charge in [-0.15, -0.1) is 0 Å². The molecule has 3 rings (SSSR count). The zero-order valence-corrected chi connectivity index (χ0v) is 14.9. The number of halogens is 7. The van der Waals surface area contributed by atoms with Crippen molar-refractivity contribution in [1.29, 1.82) is 0 Å². The molecular formula is C18H10ClF6N3O. The highest BCUT2D eigenvalue weighted by Gasteiger charge is 2.42. The summed E-state index contributed by atoms with van der Waals surface area (Å²) in [6, 6.07) is 9.18. The van der Waals surface area contributed by atoms with Gasteiger partial charge in [0, 0.05) is 16.7 Å². The van der Waals surface area contributed by atoms with Crippen LogP contribution in [0.4, 0.5) is 26.3 Å². The van der Waals surface area contributed by atoms with Crippen molar-refractivity contribution >= 4 is 17.5 Å². The van der Waals surface area contributed by atoms with Gasteiger partial charge in [0.2, 0.25) is 5.91 Å². The molecule has 4 nitrogen and oxygen atoms in total. The summed E-state index contributed by atoms with van der Waals surface area (Å²) in [6.07, 6.45) is -10.1. The molecule has 0 unspecified atom stereocenters. The summed E-state index contributed by atoms with van der Waals surface area (Å²) < 4.78 is 78.7. The molecule has 0 saturated carbocycles. The second kappa shape index (κ2) is 7.11. The minimum absolute atomic E-state index is 0.00198. The Kier molecular flexibility index (Phi) is 5.08. The number of alkyl halides is 6. The van der Waals surface area contributed by atoms with Crippen molar-refractivity contribution < 1.29 is 31.1 Å². The van der Waals surface area contributed by atoms with Crippen molar-refractivity contribution in [1.82, 2.24) is 9.78 Å². The maximum Gasteiger partial charge on any atom is 0.435 e. The number of nitrogens with zero attached hydrogens (tertiary/aromatic N) is 2. The lowest BCUT2D eigenvalue weighted by atomic mass is 9.99. The molecule has 0 radical (unpaired) electrons. The van der Waals surface area contributed by atoms with Gasteiger partial charge in [-0.25, -0.2) is 4.68 Å². The van der Waals surface area contributed by atoms with Crippen molar-refractivity contribution in [2.24, 2.45) is 5.73 Å². The summed E-state index contributed by atoms with van der Waals surface area (Å²) in [4.78, 5) is 11.7. The van der Waals surface area contributed by atoms with Crippen molar-refractivity contribution in [3.63, 3.8) is 0 Å². The van der Waals surface area contributed by atoms with Crippen LogP contribution in [0.25, 0.3) is 16.8 Å². The van der Waals surface area contributed by atoms with Gasteiger partial charge < -0.3 is 5.73 Å². The highest BCUT2D eigenvalue weighted by Crippen LogP contribution is 2.37. The molecule has 0 saturated heterocycles. The molecule has 29 heavy (non-hydrogen) atoms. The summed E-state index contributed by atoms with van der Waals surface area (Å²) >= 11 is 5.84. The first kappa shape index (κ1) is 20.7. The Labute approximate surface area is 164 Å². The fourth-order valence-electron chi connectivity index (χ4n) is 2.70. The van der Waals surface area contributed by atoms with Gasteiger partial charge in [-0.2, -0.15) is 31.4 Å². The summed E-state index contributed by atoms with van der Waals surface area (Å²) in [7, 11) is 0. The SMILES string of the molecule is NC(=O)c1cc(Cl)ccc1-c1cccc(-n2nc(C(F)(F)F)cc2C(F)(F)F)c1. The van der Waals surface area contributed by atoms with Gasteiger partial charge in [-0.1, -0.05) is 29.8 Å². The third-order valence-corrected chi connectivity index (χ3v) is 4.17. The molecule has 11 heteroatoms. The van der Waals surface area contributed by atoms with Crippen LogP contribution in [0.3, 0.4) is 0 Å². The molecule has 1 heterocycles. The van der Waals surface area contributed by atoms with Gasteiger partial charge >= 0.3 is 12.4 Å². The maximum atomic E-state index is 13.3. The van der Waals surface area contributed by atoms with Gasteiger partial charge in [0.1, 0.15) is 5.69 Å². The highest BCUT2D eigenvalue weighted by molar-refractivity contribution is 6.31. The fourth-order valence-corrected chi connectivity index (χ4v) is 2.87. The van der Waals surface area contributed by atoms with Crippen LogP contribution in [0, 0.1) is 0 Å². The molecule has 0 aliphatic heterocycles. The van der Waals surface area contributed by atoms with Crippen LogP contribution in [0.2, 0.25) is 5.02 Å². The summed E-state index contributed by atoms with van der Waals surface area (Å²) in [5.74, 6) is -0.831. The summed E-state index contributed by atoms with van der Waals surface area (Å²) in [6.45, 7) is 0. The van der Waals surface area contributed by atoms with Crippen LogP contribution < -0.4 is 5.73 Å². The number of benzene rings is 2. The topological polar surface area (TPSA) is 60.9 Å². The van der Waals surface area contributed by atoms with Crippen molar-refractivity contribution in [3.8, 4) is 16.8 Å². The molecule has 0 aliphatic carbocycles. The number of amides is 1. The number of rotatable bonds is 3. The number of aromatic nitrogens is 2. The van der Waals surface area contributed by atoms with Crippen LogP contribution in [-0.4, -0.2) is 15.7 Å². The molecule has 152 valence electrons. The minimum atomic E-state index is -5.08. The molecule has 0 bridgehead atoms. The molecule has 2 aromatic carbocycles. The third kappa shape index (κ3) is 4.21. The number of primary amides is 1. The Bertz CT molecular complexity index is 1090. The molecular weight excluding hydrogens is 424 g/mol. The summed E-state index contributed by atoms with van der Waals surface area (Å²) in [5.41, 5.74) is 2.25. The smallest absolute Gasteiger partial charge is 0.366 e. The second-order valence-electron chi connectivity index (χ2n) is 5.93. The van der Waals surface area contributed by atoms with E-state index in [-0.39, 0.29) is 38.1 Å². The standard InChI is InChI=1S/C18H10ClF6N3O/c19-10-4-5-12(13(7-10)16(26)29)9-2-1-3-11(6-9)28-15(18(23,24)25)8-14(27-28)17(20,21)22/h1-8H,(H2,26,29). The Hall–Kier alpha value is -3.01. The van der Waals surface area contributed by atoms with Crippen LogP contribution >= 0.6 is 11.6 Å². The minimum Gasteiger partial charge on any atom is -0.366 e. The molecule has 0 aliphatic rings. The van der Waals surface area contributed by atoms with E-state index >= 15 is 0 Å². The van der Waals surface area contributed by atoms with Crippen LogP contribution in [-0.2, 0) is 12.4 Å². The monoisotopic (exact) mass is 433 g/mol. The maximum absolute atomic E-state index is 13.3. The van der Waals surface area contributed by atoms with E-state index in [0.717, 1.165) is 12.1 Å². The Morgan fingerprint density at radius 3 is 2.24 bits per heavy atom. The predicted octanol–water partition coefficient (Wildman–Crippen LogP) is 5.33. The summed E-state index contributed by atoms with van der Waals surface area (Å²) in [5, 5.41) is 3.29. The number of carbonyl (C=O) groups excluding carboxylic acids is 1. The van der Waals surface area contributed by atoms with Crippen molar-refractivity contribution in [3.05, 3.63) is 70.5 Å². The van der Waals surface area contributed by atoms with E-state index in [4.69, 9.17) is 17.3 Å². The van der Waals surface area contributed by atoms with Crippen LogP contribution in [0.1, 0.15) is 21.7 Å². The average Bonchev–Trinajstić information content (AvgIpc) is 3.08. The lowest BCUT2D eigenvalue weighted by Crippen LogP contribution is -2.14. The molecule has 2 N–H and O–H groups in total. The number of carbonyl (C=O) groups is 1. The zero-order chi connectivity index (χ0) is 21.6. The molecule has 0 fully saturated rings. The first-order valence-electron chi connectivity index (χ1n) is 7.82. The Morgan fingerprint density at radius 1 is 0.966 bits per heavy atom. The van der Waals surface area contributed by atoms with E-state index in [1.54, 1.807) is 0 Å². The first-order valence-corrected chi connectivity index (χ1v) is 8.20. The van der Waals surface area contributed by atoms with Gasteiger partial charge in [0.25, 0.3) is 0 Å². The third-order valence-electron chi connectivity index (χ3n) is 3.94. The Balaban J connectivity index is 2.20. The van der Waals surface area contributed by atoms with E-state index in [1.807, 2.05) is 0 Å². The first-order chi connectivity index (χ1) is 13.4. The second-order valence-corrected chi connectivity index (χ2v) is 6.36. The predicted molar refractivity (Wildman–Crippen MR) is 92.5 cm³/mol. The van der Waals surface area contributed by atoms with Gasteiger partial charge in [-0.05, 0) is 35.4 Å². The van der Waals surface area contributed by atoms with Gasteiger partial charge in [0.05, 0.1) is 5.69 Å². The van der Waals surface area contributed by atoms with Crippen molar-refractivity contribution in [2.45, 2.75) is 12.4 Å². The Morgan fingerprint density at radius 2 is 1.66 bits per heavy atom. The lowest BCUT2D eigenvalue weighted by molar-refractivity contribution is -0.143. The van der Waals surface area contributed by atoms with E-state index in [2.05, 4.69) is 5.10 Å². The van der Waals surface area contributed by atoms with Crippen LogP contribution in [0.5, 0.6) is 0 Å². The van der Waals surface area contributed by atoms with E-state index in [0.29, 0.717) is 0 Å². The van der Waals surface area contributed by atoms with Crippen molar-refractivity contribution in [2.75, 3.05) is 0 Å². The number of hydrogen-bond acceptors (Lipinski definition) is 2. The molecule has 3 aromatic rings. The lowest BCUT2D eigenvalue weighted by Gasteiger charge is -2.13. The molecule has 0 atom stereocenters. The number of nitrogens with two attached hydrogens (primary N) is 1. The molecule has 0 spiro atoms. The van der Waals surface area contributed by atoms with E-state index < -0.39 is 29.6 Å². The zero-order valence-electron chi connectivity index (χ0n) is 14.1. The normalized spacial score (nSPS) is 12.2. The number of hydrogen-bond donors (Lipinski definition) is 1. The highest BCUT2D eigenvalue weighted by atomic mass is 35.5. The molecule has 1 aromatic heterocycles. The van der Waals surface area contributed by atoms with Crippen LogP contribution in [0.15, 0.2) is 48.5 Å². The van der Waals surface area contributed by atoms with Gasteiger partial charge in [0.15, 0.2) is 5.69 Å². The van der Waals surface area contributed by atoms with Gasteiger partial charge in [-0.3, -0.25) is 4.79 Å². The van der Waals surface area contributed by atoms with E-state index in [1.165, 1.54) is 30.3 Å². The fraction of sp³-hybridized carbons (Fsp3) is 0.111. The average molecular weight is 434 g/mol. The van der Waals surface area contributed by atoms with E-state index in [9.17, 15) is 31.1 Å². The molecule has 1 amide bonds. The quantitative estimate of drug-likeness (QED) is 0.568.